The number of likely N-dealkylation sites (N-methyl/N-ethyl adjacent to an activating group) is 1. The van der Waals surface area contributed by atoms with Crippen LogP contribution >= 0.6 is 0 Å². The minimum Gasteiger partial charge on any atom is -0.344 e. The Morgan fingerprint density at radius 1 is 1.00 bits per heavy atom. The van der Waals surface area contributed by atoms with Crippen molar-refractivity contribution in [3.8, 4) is 0 Å². The number of likely N-dealkylation sites (tertiary alicyclic amines) is 2. The number of carbonyl (C=O) groups is 1. The summed E-state index contributed by atoms with van der Waals surface area (Å²) in [5.41, 5.74) is 0. The highest BCUT2D eigenvalue weighted by Crippen LogP contribution is 2.32. The number of rotatable bonds is 2. The molecule has 0 saturated carbocycles. The van der Waals surface area contributed by atoms with E-state index in [1.54, 1.807) is 0 Å². The third-order valence-electron chi connectivity index (χ3n) is 5.57. The predicted octanol–water partition coefficient (Wildman–Crippen LogP) is 1.46. The summed E-state index contributed by atoms with van der Waals surface area (Å²) in [6.07, 6.45) is 8.89. The quantitative estimate of drug-likeness (QED) is 0.831. The van der Waals surface area contributed by atoms with E-state index in [2.05, 4.69) is 10.2 Å². The van der Waals surface area contributed by atoms with E-state index in [-0.39, 0.29) is 6.04 Å². The first-order valence-electron chi connectivity index (χ1n) is 8.49. The van der Waals surface area contributed by atoms with Gasteiger partial charge in [-0.15, -0.1) is 0 Å². The first-order chi connectivity index (χ1) is 9.77. The maximum Gasteiger partial charge on any atom is 0.239 e. The number of carbonyl (C=O) groups excluding carboxylic acids is 1. The first kappa shape index (κ1) is 14.3. The molecule has 3 aliphatic heterocycles. The largest absolute Gasteiger partial charge is 0.344 e. The number of piperidine rings is 1. The topological polar surface area (TPSA) is 35.6 Å². The van der Waals surface area contributed by atoms with E-state index >= 15 is 0 Å². The van der Waals surface area contributed by atoms with Crippen molar-refractivity contribution in [2.24, 2.45) is 5.92 Å². The number of hydrogen-bond acceptors (Lipinski definition) is 3. The predicted molar refractivity (Wildman–Crippen MR) is 80.6 cm³/mol. The molecule has 3 rings (SSSR count). The molecule has 4 nitrogen and oxygen atoms in total. The molecule has 0 aliphatic carbocycles. The molecule has 0 spiro atoms. The van der Waals surface area contributed by atoms with Gasteiger partial charge >= 0.3 is 0 Å². The van der Waals surface area contributed by atoms with Crippen LogP contribution in [0.4, 0.5) is 0 Å². The molecule has 0 aromatic rings. The molecular formula is C16H29N3O. The monoisotopic (exact) mass is 279 g/mol. The molecule has 2 unspecified atom stereocenters. The van der Waals surface area contributed by atoms with Crippen LogP contribution in [0.25, 0.3) is 0 Å². The molecule has 114 valence electrons. The fraction of sp³-hybridized carbons (Fsp3) is 0.938. The normalized spacial score (nSPS) is 34.5. The first-order valence-corrected chi connectivity index (χ1v) is 8.49. The van der Waals surface area contributed by atoms with Crippen LogP contribution in [-0.4, -0.2) is 61.0 Å². The summed E-state index contributed by atoms with van der Waals surface area (Å²) < 4.78 is 0. The third kappa shape index (κ3) is 2.86. The van der Waals surface area contributed by atoms with Crippen LogP contribution in [0, 0.1) is 5.92 Å². The molecule has 1 N–H and O–H groups in total. The molecule has 2 atom stereocenters. The lowest BCUT2D eigenvalue weighted by molar-refractivity contribution is -0.132. The molecule has 0 radical (unpaired) electrons. The molecule has 1 amide bonds. The van der Waals surface area contributed by atoms with Gasteiger partial charge in [-0.05, 0) is 57.7 Å². The molecule has 3 fully saturated rings. The summed E-state index contributed by atoms with van der Waals surface area (Å²) in [6.45, 7) is 4.40. The van der Waals surface area contributed by atoms with Gasteiger partial charge in [0, 0.05) is 19.6 Å². The number of nitrogens with one attached hydrogen (secondary N) is 1. The Bertz CT molecular complexity index is 341. The second-order valence-corrected chi connectivity index (χ2v) is 6.81. The van der Waals surface area contributed by atoms with E-state index in [1.165, 1.54) is 38.5 Å². The Kier molecular flexibility index (Phi) is 4.61. The van der Waals surface area contributed by atoms with Crippen LogP contribution in [0.2, 0.25) is 0 Å². The van der Waals surface area contributed by atoms with Crippen LogP contribution < -0.4 is 5.32 Å². The van der Waals surface area contributed by atoms with Gasteiger partial charge in [0.15, 0.2) is 0 Å². The molecule has 3 heterocycles. The van der Waals surface area contributed by atoms with Gasteiger partial charge in [-0.1, -0.05) is 12.8 Å². The average molecular weight is 279 g/mol. The van der Waals surface area contributed by atoms with Gasteiger partial charge in [0.25, 0.3) is 0 Å². The number of hydrogen-bond donors (Lipinski definition) is 1. The standard InChI is InChI=1S/C16H29N3O/c1-18-12-8-15(16(18)20)19-11-4-2-3-5-14(19)13-6-9-17-10-7-13/h13-15,17H,2-12H2,1H3. The van der Waals surface area contributed by atoms with Gasteiger partial charge in [-0.3, -0.25) is 9.69 Å². The summed E-state index contributed by atoms with van der Waals surface area (Å²) in [6, 6.07) is 0.832. The minimum absolute atomic E-state index is 0.179. The molecule has 0 aromatic carbocycles. The highest BCUT2D eigenvalue weighted by atomic mass is 16.2. The molecular weight excluding hydrogens is 250 g/mol. The highest BCUT2D eigenvalue weighted by molar-refractivity contribution is 5.83. The fourth-order valence-corrected chi connectivity index (χ4v) is 4.39. The Labute approximate surface area is 122 Å². The van der Waals surface area contributed by atoms with Crippen LogP contribution in [0.5, 0.6) is 0 Å². The van der Waals surface area contributed by atoms with Gasteiger partial charge in [0.2, 0.25) is 5.91 Å². The molecule has 3 aliphatic rings. The maximum atomic E-state index is 12.4. The van der Waals surface area contributed by atoms with E-state index in [0.717, 1.165) is 38.5 Å². The second kappa shape index (κ2) is 6.44. The summed E-state index contributed by atoms with van der Waals surface area (Å²) in [5, 5.41) is 3.48. The second-order valence-electron chi connectivity index (χ2n) is 6.81. The summed E-state index contributed by atoms with van der Waals surface area (Å²) in [7, 11) is 1.96. The van der Waals surface area contributed by atoms with E-state index in [4.69, 9.17) is 0 Å². The zero-order chi connectivity index (χ0) is 13.9. The SMILES string of the molecule is CN1CCC(N2CCCCCC2C2CCNCC2)C1=O. The molecule has 4 heteroatoms. The van der Waals surface area contributed by atoms with Crippen molar-refractivity contribution in [1.29, 1.82) is 0 Å². The van der Waals surface area contributed by atoms with Crippen LogP contribution in [0.1, 0.15) is 44.9 Å². The average Bonchev–Trinajstić information content (AvgIpc) is 2.70. The van der Waals surface area contributed by atoms with Crippen molar-refractivity contribution in [1.82, 2.24) is 15.1 Å². The van der Waals surface area contributed by atoms with Crippen molar-refractivity contribution < 1.29 is 4.79 Å². The highest BCUT2D eigenvalue weighted by Gasteiger charge is 2.40. The summed E-state index contributed by atoms with van der Waals surface area (Å²) in [4.78, 5) is 16.9. The van der Waals surface area contributed by atoms with Gasteiger partial charge in [-0.25, -0.2) is 0 Å². The zero-order valence-electron chi connectivity index (χ0n) is 12.8. The van der Waals surface area contributed by atoms with Gasteiger partial charge in [0.1, 0.15) is 0 Å². The summed E-state index contributed by atoms with van der Waals surface area (Å²) in [5.74, 6) is 1.17. The van der Waals surface area contributed by atoms with Crippen LogP contribution in [0.15, 0.2) is 0 Å². The van der Waals surface area contributed by atoms with Crippen molar-refractivity contribution in [2.75, 3.05) is 33.2 Å². The van der Waals surface area contributed by atoms with Crippen LogP contribution in [-0.2, 0) is 4.79 Å². The fourth-order valence-electron chi connectivity index (χ4n) is 4.39. The van der Waals surface area contributed by atoms with Crippen LogP contribution in [0.3, 0.4) is 0 Å². The van der Waals surface area contributed by atoms with Crippen molar-refractivity contribution in [2.45, 2.75) is 57.0 Å². The lowest BCUT2D eigenvalue weighted by atomic mass is 9.86. The van der Waals surface area contributed by atoms with Crippen molar-refractivity contribution in [3.05, 3.63) is 0 Å². The number of amides is 1. The van der Waals surface area contributed by atoms with Gasteiger partial charge in [0.05, 0.1) is 6.04 Å². The molecule has 0 aromatic heterocycles. The smallest absolute Gasteiger partial charge is 0.239 e. The maximum absolute atomic E-state index is 12.4. The van der Waals surface area contributed by atoms with Gasteiger partial charge in [-0.2, -0.15) is 0 Å². The molecule has 3 saturated heterocycles. The summed E-state index contributed by atoms with van der Waals surface area (Å²) >= 11 is 0. The zero-order valence-corrected chi connectivity index (χ0v) is 12.8. The van der Waals surface area contributed by atoms with E-state index in [1.807, 2.05) is 11.9 Å². The van der Waals surface area contributed by atoms with E-state index in [9.17, 15) is 4.79 Å². The van der Waals surface area contributed by atoms with Gasteiger partial charge < -0.3 is 10.2 Å². The van der Waals surface area contributed by atoms with Crippen molar-refractivity contribution >= 4 is 5.91 Å². The lowest BCUT2D eigenvalue weighted by Gasteiger charge is -2.40. The molecule has 20 heavy (non-hydrogen) atoms. The molecule has 0 bridgehead atoms. The lowest BCUT2D eigenvalue weighted by Crippen LogP contribution is -2.51. The Hall–Kier alpha value is -0.610. The Morgan fingerprint density at radius 2 is 1.80 bits per heavy atom. The van der Waals surface area contributed by atoms with E-state index in [0.29, 0.717) is 11.9 Å². The third-order valence-corrected chi connectivity index (χ3v) is 5.57. The van der Waals surface area contributed by atoms with E-state index < -0.39 is 0 Å². The minimum atomic E-state index is 0.179. The Morgan fingerprint density at radius 3 is 2.50 bits per heavy atom. The Balaban J connectivity index is 1.75. The van der Waals surface area contributed by atoms with Crippen molar-refractivity contribution in [3.63, 3.8) is 0 Å². The number of nitrogens with zero attached hydrogens (tertiary/aromatic N) is 2.